The third-order valence-electron chi connectivity index (χ3n) is 6.10. The van der Waals surface area contributed by atoms with Crippen LogP contribution in [-0.2, 0) is 32.0 Å². The number of carbonyl (C=O) groups is 4. The molecule has 3 amide bonds. The van der Waals surface area contributed by atoms with Crippen molar-refractivity contribution in [2.24, 2.45) is 5.73 Å². The lowest BCUT2D eigenvalue weighted by molar-refractivity contribution is -0.142. The van der Waals surface area contributed by atoms with Gasteiger partial charge in [-0.1, -0.05) is 60.7 Å². The van der Waals surface area contributed by atoms with E-state index in [4.69, 9.17) is 10.8 Å². The summed E-state index contributed by atoms with van der Waals surface area (Å²) in [5, 5.41) is 14.3. The van der Waals surface area contributed by atoms with Crippen molar-refractivity contribution >= 4 is 23.7 Å². The molecule has 0 radical (unpaired) electrons. The topological polar surface area (TPSA) is 142 Å². The number of rotatable bonds is 10. The number of benzene rings is 2. The second-order valence-corrected chi connectivity index (χ2v) is 8.81. The molecule has 2 aromatic rings. The van der Waals surface area contributed by atoms with Crippen LogP contribution >= 0.6 is 0 Å². The summed E-state index contributed by atoms with van der Waals surface area (Å²) in [5.74, 6) is -2.55. The maximum atomic E-state index is 13.2. The molecule has 1 heterocycles. The third kappa shape index (κ3) is 7.13. The lowest BCUT2D eigenvalue weighted by Crippen LogP contribution is -2.57. The Morgan fingerprint density at radius 1 is 0.971 bits per heavy atom. The van der Waals surface area contributed by atoms with E-state index in [1.807, 2.05) is 60.7 Å². The molecule has 0 aromatic heterocycles. The summed E-state index contributed by atoms with van der Waals surface area (Å²) < 4.78 is 0. The average molecular weight is 481 g/mol. The van der Waals surface area contributed by atoms with E-state index in [-0.39, 0.29) is 12.3 Å². The smallest absolute Gasteiger partial charge is 0.325 e. The van der Waals surface area contributed by atoms with Gasteiger partial charge in [0.15, 0.2) is 0 Å². The average Bonchev–Trinajstić information content (AvgIpc) is 3.34. The van der Waals surface area contributed by atoms with Crippen molar-refractivity contribution < 1.29 is 24.3 Å². The Bertz CT molecular complexity index is 1030. The molecule has 0 aliphatic carbocycles. The Kier molecular flexibility index (Phi) is 8.97. The molecule has 4 unspecified atom stereocenters. The number of carboxylic acids is 1. The Morgan fingerprint density at radius 2 is 1.54 bits per heavy atom. The summed E-state index contributed by atoms with van der Waals surface area (Å²) in [5.41, 5.74) is 7.92. The fraction of sp³-hybridized carbons (Fsp3) is 0.385. The predicted octanol–water partition coefficient (Wildman–Crippen LogP) is 0.864. The van der Waals surface area contributed by atoms with Crippen LogP contribution in [-0.4, -0.2) is 64.4 Å². The zero-order valence-corrected chi connectivity index (χ0v) is 19.7. The summed E-state index contributed by atoms with van der Waals surface area (Å²) >= 11 is 0. The quantitative estimate of drug-likeness (QED) is 0.397. The molecule has 9 heteroatoms. The third-order valence-corrected chi connectivity index (χ3v) is 6.10. The molecule has 0 spiro atoms. The van der Waals surface area contributed by atoms with Gasteiger partial charge in [-0.3, -0.25) is 19.2 Å². The highest BCUT2D eigenvalue weighted by Crippen LogP contribution is 2.20. The fourth-order valence-electron chi connectivity index (χ4n) is 4.17. The molecule has 1 aliphatic heterocycles. The SMILES string of the molecule is CC(NC(=O)C(Cc1ccccc1)NC(=O)C1CCCN1C(=O)C(N)Cc1ccccc1)C(=O)O. The number of aliphatic carboxylic acids is 1. The van der Waals surface area contributed by atoms with Gasteiger partial charge in [0.25, 0.3) is 0 Å². The van der Waals surface area contributed by atoms with Gasteiger partial charge in [-0.25, -0.2) is 0 Å². The predicted molar refractivity (Wildman–Crippen MR) is 130 cm³/mol. The Labute approximate surface area is 204 Å². The van der Waals surface area contributed by atoms with Crippen molar-refractivity contribution in [3.05, 3.63) is 71.8 Å². The number of nitrogens with zero attached hydrogens (tertiary/aromatic N) is 1. The van der Waals surface area contributed by atoms with Gasteiger partial charge in [0, 0.05) is 13.0 Å². The number of nitrogens with one attached hydrogen (secondary N) is 2. The molecule has 2 aromatic carbocycles. The first-order chi connectivity index (χ1) is 16.8. The van der Waals surface area contributed by atoms with Crippen molar-refractivity contribution in [3.8, 4) is 0 Å². The minimum absolute atomic E-state index is 0.180. The van der Waals surface area contributed by atoms with E-state index in [2.05, 4.69) is 10.6 Å². The monoisotopic (exact) mass is 480 g/mol. The highest BCUT2D eigenvalue weighted by molar-refractivity contribution is 5.94. The first kappa shape index (κ1) is 25.9. The summed E-state index contributed by atoms with van der Waals surface area (Å²) in [6.07, 6.45) is 1.64. The molecular weight excluding hydrogens is 448 g/mol. The van der Waals surface area contributed by atoms with Gasteiger partial charge in [-0.2, -0.15) is 0 Å². The Hall–Kier alpha value is -3.72. The number of hydrogen-bond donors (Lipinski definition) is 4. The second-order valence-electron chi connectivity index (χ2n) is 8.81. The molecule has 1 aliphatic rings. The number of carbonyl (C=O) groups excluding carboxylic acids is 3. The van der Waals surface area contributed by atoms with Gasteiger partial charge >= 0.3 is 5.97 Å². The molecule has 0 bridgehead atoms. The molecule has 0 saturated carbocycles. The normalized spacial score (nSPS) is 17.8. The van der Waals surface area contributed by atoms with Gasteiger partial charge in [0.05, 0.1) is 6.04 Å². The molecular formula is C26H32N4O5. The molecule has 1 saturated heterocycles. The van der Waals surface area contributed by atoms with E-state index in [9.17, 15) is 19.2 Å². The number of likely N-dealkylation sites (tertiary alicyclic amines) is 1. The first-order valence-corrected chi connectivity index (χ1v) is 11.7. The van der Waals surface area contributed by atoms with Crippen molar-refractivity contribution in [3.63, 3.8) is 0 Å². The van der Waals surface area contributed by atoms with Crippen LogP contribution in [0.1, 0.15) is 30.9 Å². The van der Waals surface area contributed by atoms with Gasteiger partial charge in [0.1, 0.15) is 18.1 Å². The summed E-state index contributed by atoms with van der Waals surface area (Å²) in [7, 11) is 0. The van der Waals surface area contributed by atoms with Crippen LogP contribution in [0.15, 0.2) is 60.7 Å². The van der Waals surface area contributed by atoms with Crippen molar-refractivity contribution in [2.75, 3.05) is 6.54 Å². The molecule has 1 fully saturated rings. The maximum Gasteiger partial charge on any atom is 0.325 e. The van der Waals surface area contributed by atoms with E-state index in [1.165, 1.54) is 11.8 Å². The number of carboxylic acid groups (broad SMARTS) is 1. The van der Waals surface area contributed by atoms with Gasteiger partial charge in [-0.15, -0.1) is 0 Å². The Morgan fingerprint density at radius 3 is 2.11 bits per heavy atom. The van der Waals surface area contributed by atoms with Crippen molar-refractivity contribution in [1.29, 1.82) is 0 Å². The molecule has 5 N–H and O–H groups in total. The lowest BCUT2D eigenvalue weighted by Gasteiger charge is -2.28. The van der Waals surface area contributed by atoms with E-state index in [0.717, 1.165) is 11.1 Å². The Balaban J connectivity index is 1.70. The number of hydrogen-bond acceptors (Lipinski definition) is 5. The van der Waals surface area contributed by atoms with Crippen LogP contribution < -0.4 is 16.4 Å². The van der Waals surface area contributed by atoms with Crippen LogP contribution in [0, 0.1) is 0 Å². The minimum Gasteiger partial charge on any atom is -0.480 e. The van der Waals surface area contributed by atoms with Crippen molar-refractivity contribution in [2.45, 2.75) is 56.8 Å². The standard InChI is InChI=1S/C26H32N4O5/c1-17(26(34)35)28-23(31)21(16-19-11-6-3-7-12-19)29-24(32)22-13-8-14-30(22)25(33)20(27)15-18-9-4-2-5-10-18/h2-7,9-12,17,20-22H,8,13-16,27H2,1H3,(H,28,31)(H,29,32)(H,34,35). The molecule has 9 nitrogen and oxygen atoms in total. The van der Waals surface area contributed by atoms with E-state index >= 15 is 0 Å². The van der Waals surface area contributed by atoms with Gasteiger partial charge in [0.2, 0.25) is 17.7 Å². The van der Waals surface area contributed by atoms with E-state index in [0.29, 0.717) is 25.8 Å². The summed E-state index contributed by atoms with van der Waals surface area (Å²) in [4.78, 5) is 51.8. The van der Waals surface area contributed by atoms with Gasteiger partial charge < -0.3 is 26.4 Å². The number of amides is 3. The van der Waals surface area contributed by atoms with E-state index in [1.54, 1.807) is 0 Å². The van der Waals surface area contributed by atoms with Crippen molar-refractivity contribution in [1.82, 2.24) is 15.5 Å². The second kappa shape index (κ2) is 12.1. The zero-order chi connectivity index (χ0) is 25.4. The molecule has 3 rings (SSSR count). The zero-order valence-electron chi connectivity index (χ0n) is 19.7. The van der Waals surface area contributed by atoms with E-state index < -0.39 is 42.0 Å². The number of nitrogens with two attached hydrogens (primary N) is 1. The largest absolute Gasteiger partial charge is 0.480 e. The highest BCUT2D eigenvalue weighted by Gasteiger charge is 2.37. The summed E-state index contributed by atoms with van der Waals surface area (Å²) in [6.45, 7) is 1.76. The maximum absolute atomic E-state index is 13.2. The molecule has 186 valence electrons. The molecule has 4 atom stereocenters. The van der Waals surface area contributed by atoms with Crippen LogP contribution in [0.5, 0.6) is 0 Å². The minimum atomic E-state index is -1.18. The van der Waals surface area contributed by atoms with Crippen LogP contribution in [0.25, 0.3) is 0 Å². The van der Waals surface area contributed by atoms with Crippen LogP contribution in [0.2, 0.25) is 0 Å². The van der Waals surface area contributed by atoms with Gasteiger partial charge in [-0.05, 0) is 37.3 Å². The summed E-state index contributed by atoms with van der Waals surface area (Å²) in [6, 6.07) is 14.9. The van der Waals surface area contributed by atoms with Crippen LogP contribution in [0.3, 0.4) is 0 Å². The highest BCUT2D eigenvalue weighted by atomic mass is 16.4. The molecule has 35 heavy (non-hydrogen) atoms. The van der Waals surface area contributed by atoms with Crippen LogP contribution in [0.4, 0.5) is 0 Å². The lowest BCUT2D eigenvalue weighted by atomic mass is 10.0. The fourth-order valence-corrected chi connectivity index (χ4v) is 4.17. The first-order valence-electron chi connectivity index (χ1n) is 11.7.